The molecule has 3 rings (SSSR count). The molecule has 5 heteroatoms. The molecule has 1 aromatic carbocycles. The average molecular weight is 293 g/mol. The monoisotopic (exact) mass is 293 g/mol. The van der Waals surface area contributed by atoms with Crippen molar-refractivity contribution in [3.05, 3.63) is 66.5 Å². The smallest absolute Gasteiger partial charge is 0.115 e. The van der Waals surface area contributed by atoms with Gasteiger partial charge < -0.3 is 4.90 Å². The largest absolute Gasteiger partial charge is 0.308 e. The molecule has 0 saturated carbocycles. The van der Waals surface area contributed by atoms with E-state index in [0.29, 0.717) is 0 Å². The Morgan fingerprint density at radius 3 is 2.27 bits per heavy atom. The van der Waals surface area contributed by atoms with Gasteiger partial charge in [-0.2, -0.15) is 5.10 Å². The Morgan fingerprint density at radius 2 is 1.68 bits per heavy atom. The topological polar surface area (TPSA) is 57.7 Å². The Hall–Kier alpha value is -2.53. The number of hydrogen-bond donors (Lipinski definition) is 1. The number of benzene rings is 1. The standard InChI is InChI=1S/C17H19N5/c1-22(2)11-17(16-7-18-12-19-8-16)14-5-3-13(4-6-14)15-9-20-21-10-15/h3-10,12,17H,11H2,1-2H3,(H,20,21). The van der Waals surface area contributed by atoms with Gasteiger partial charge >= 0.3 is 0 Å². The fourth-order valence-electron chi connectivity index (χ4n) is 2.58. The molecule has 0 amide bonds. The van der Waals surface area contributed by atoms with Crippen LogP contribution in [-0.2, 0) is 0 Å². The van der Waals surface area contributed by atoms with Gasteiger partial charge in [0.25, 0.3) is 0 Å². The van der Waals surface area contributed by atoms with Crippen LogP contribution in [0.1, 0.15) is 17.0 Å². The highest BCUT2D eigenvalue weighted by Gasteiger charge is 2.16. The van der Waals surface area contributed by atoms with E-state index in [1.165, 1.54) is 5.56 Å². The lowest BCUT2D eigenvalue weighted by Crippen LogP contribution is -2.21. The van der Waals surface area contributed by atoms with Gasteiger partial charge in [0, 0.05) is 36.6 Å². The molecule has 2 heterocycles. The maximum absolute atomic E-state index is 4.15. The average Bonchev–Trinajstić information content (AvgIpc) is 3.08. The second-order valence-electron chi connectivity index (χ2n) is 5.60. The van der Waals surface area contributed by atoms with Crippen molar-refractivity contribution >= 4 is 0 Å². The number of aromatic amines is 1. The summed E-state index contributed by atoms with van der Waals surface area (Å²) in [5.74, 6) is 0.259. The van der Waals surface area contributed by atoms with E-state index in [4.69, 9.17) is 0 Å². The van der Waals surface area contributed by atoms with Crippen molar-refractivity contribution in [2.45, 2.75) is 5.92 Å². The molecule has 1 atom stereocenters. The van der Waals surface area contributed by atoms with Crippen LogP contribution in [0.15, 0.2) is 55.4 Å². The molecular formula is C17H19N5. The highest BCUT2D eigenvalue weighted by Crippen LogP contribution is 2.27. The third-order valence-corrected chi connectivity index (χ3v) is 3.68. The van der Waals surface area contributed by atoms with E-state index in [0.717, 1.165) is 23.2 Å². The SMILES string of the molecule is CN(C)CC(c1ccc(-c2cn[nH]c2)cc1)c1cncnc1. The fraction of sp³-hybridized carbons (Fsp3) is 0.235. The van der Waals surface area contributed by atoms with Gasteiger partial charge in [0.2, 0.25) is 0 Å². The van der Waals surface area contributed by atoms with E-state index in [-0.39, 0.29) is 5.92 Å². The van der Waals surface area contributed by atoms with Gasteiger partial charge in [-0.1, -0.05) is 24.3 Å². The van der Waals surface area contributed by atoms with Crippen LogP contribution in [-0.4, -0.2) is 45.7 Å². The first-order chi connectivity index (χ1) is 10.7. The van der Waals surface area contributed by atoms with Crippen LogP contribution >= 0.6 is 0 Å². The summed E-state index contributed by atoms with van der Waals surface area (Å²) in [4.78, 5) is 10.5. The summed E-state index contributed by atoms with van der Waals surface area (Å²) in [7, 11) is 4.16. The molecule has 3 aromatic rings. The van der Waals surface area contributed by atoms with Crippen LogP contribution in [0.25, 0.3) is 11.1 Å². The predicted octanol–water partition coefficient (Wildman–Crippen LogP) is 2.56. The number of aromatic nitrogens is 4. The van der Waals surface area contributed by atoms with Crippen molar-refractivity contribution in [3.8, 4) is 11.1 Å². The molecule has 2 aromatic heterocycles. The van der Waals surface area contributed by atoms with Crippen molar-refractivity contribution in [3.63, 3.8) is 0 Å². The van der Waals surface area contributed by atoms with E-state index in [9.17, 15) is 0 Å². The molecule has 0 fully saturated rings. The molecule has 0 saturated heterocycles. The molecule has 1 unspecified atom stereocenters. The van der Waals surface area contributed by atoms with Gasteiger partial charge in [0.05, 0.1) is 6.20 Å². The van der Waals surface area contributed by atoms with Crippen LogP contribution in [0.4, 0.5) is 0 Å². The Bertz CT molecular complexity index is 690. The first kappa shape index (κ1) is 14.4. The van der Waals surface area contributed by atoms with Crippen molar-refractivity contribution in [2.75, 3.05) is 20.6 Å². The van der Waals surface area contributed by atoms with Gasteiger partial charge in [-0.05, 0) is 30.8 Å². The van der Waals surface area contributed by atoms with Crippen LogP contribution in [0.5, 0.6) is 0 Å². The minimum absolute atomic E-state index is 0.259. The molecule has 5 nitrogen and oxygen atoms in total. The molecule has 112 valence electrons. The first-order valence-corrected chi connectivity index (χ1v) is 7.23. The van der Waals surface area contributed by atoms with Crippen LogP contribution in [0.2, 0.25) is 0 Å². The molecule has 0 aliphatic carbocycles. The van der Waals surface area contributed by atoms with Gasteiger partial charge in [0.1, 0.15) is 6.33 Å². The molecule has 0 spiro atoms. The summed E-state index contributed by atoms with van der Waals surface area (Å²) >= 11 is 0. The van der Waals surface area contributed by atoms with E-state index in [1.54, 1.807) is 6.33 Å². The number of nitrogens with zero attached hydrogens (tertiary/aromatic N) is 4. The molecule has 1 N–H and O–H groups in total. The molecule has 22 heavy (non-hydrogen) atoms. The Kier molecular flexibility index (Phi) is 4.25. The number of hydrogen-bond acceptors (Lipinski definition) is 4. The molecular weight excluding hydrogens is 274 g/mol. The first-order valence-electron chi connectivity index (χ1n) is 7.23. The van der Waals surface area contributed by atoms with Gasteiger partial charge in [0.15, 0.2) is 0 Å². The zero-order valence-corrected chi connectivity index (χ0v) is 12.8. The van der Waals surface area contributed by atoms with Gasteiger partial charge in [-0.15, -0.1) is 0 Å². The number of likely N-dealkylation sites (N-methyl/N-ethyl adjacent to an activating group) is 1. The number of rotatable bonds is 5. The Labute approximate surface area is 130 Å². The van der Waals surface area contributed by atoms with E-state index < -0.39 is 0 Å². The van der Waals surface area contributed by atoms with Gasteiger partial charge in [-0.25, -0.2) is 9.97 Å². The molecule has 0 bridgehead atoms. The van der Waals surface area contributed by atoms with Crippen molar-refractivity contribution < 1.29 is 0 Å². The normalized spacial score (nSPS) is 12.5. The summed E-state index contributed by atoms with van der Waals surface area (Å²) in [5.41, 5.74) is 4.65. The quantitative estimate of drug-likeness (QED) is 0.785. The Morgan fingerprint density at radius 1 is 0.955 bits per heavy atom. The second-order valence-corrected chi connectivity index (χ2v) is 5.60. The van der Waals surface area contributed by atoms with Crippen molar-refractivity contribution in [1.82, 2.24) is 25.1 Å². The maximum Gasteiger partial charge on any atom is 0.115 e. The number of nitrogens with one attached hydrogen (secondary N) is 1. The summed E-state index contributed by atoms with van der Waals surface area (Å²) in [6, 6.07) is 8.60. The minimum atomic E-state index is 0.259. The molecule has 0 aliphatic heterocycles. The van der Waals surface area contributed by atoms with E-state index >= 15 is 0 Å². The summed E-state index contributed by atoms with van der Waals surface area (Å²) in [6.45, 7) is 0.915. The van der Waals surface area contributed by atoms with E-state index in [1.807, 2.05) is 24.8 Å². The zero-order chi connectivity index (χ0) is 15.4. The molecule has 0 radical (unpaired) electrons. The zero-order valence-electron chi connectivity index (χ0n) is 12.8. The lowest BCUT2D eigenvalue weighted by Gasteiger charge is -2.21. The third kappa shape index (κ3) is 3.20. The number of H-pyrrole nitrogens is 1. The Balaban J connectivity index is 1.91. The lowest BCUT2D eigenvalue weighted by molar-refractivity contribution is 0.391. The van der Waals surface area contributed by atoms with E-state index in [2.05, 4.69) is 63.4 Å². The predicted molar refractivity (Wildman–Crippen MR) is 86.5 cm³/mol. The molecule has 0 aliphatic rings. The highest BCUT2D eigenvalue weighted by molar-refractivity contribution is 5.62. The summed E-state index contributed by atoms with van der Waals surface area (Å²) in [6.07, 6.45) is 9.09. The van der Waals surface area contributed by atoms with Crippen LogP contribution in [0.3, 0.4) is 0 Å². The van der Waals surface area contributed by atoms with Crippen molar-refractivity contribution in [2.24, 2.45) is 0 Å². The second kappa shape index (κ2) is 6.49. The lowest BCUT2D eigenvalue weighted by atomic mass is 9.91. The minimum Gasteiger partial charge on any atom is -0.308 e. The highest BCUT2D eigenvalue weighted by atomic mass is 15.1. The summed E-state index contributed by atoms with van der Waals surface area (Å²) < 4.78 is 0. The van der Waals surface area contributed by atoms with Crippen LogP contribution in [0, 0.1) is 0 Å². The van der Waals surface area contributed by atoms with Crippen molar-refractivity contribution in [1.29, 1.82) is 0 Å². The maximum atomic E-state index is 4.15. The van der Waals surface area contributed by atoms with Gasteiger partial charge in [-0.3, -0.25) is 5.10 Å². The van der Waals surface area contributed by atoms with Crippen LogP contribution < -0.4 is 0 Å². The summed E-state index contributed by atoms with van der Waals surface area (Å²) in [5, 5.41) is 6.84. The fourth-order valence-corrected chi connectivity index (χ4v) is 2.58. The third-order valence-electron chi connectivity index (χ3n) is 3.68.